The summed E-state index contributed by atoms with van der Waals surface area (Å²) < 4.78 is 13.5. The zero-order valence-corrected chi connectivity index (χ0v) is 11.5. The van der Waals surface area contributed by atoms with Crippen molar-refractivity contribution >= 4 is 5.78 Å². The highest BCUT2D eigenvalue weighted by atomic mass is 19.1. The van der Waals surface area contributed by atoms with Crippen LogP contribution >= 0.6 is 0 Å². The van der Waals surface area contributed by atoms with E-state index in [4.69, 9.17) is 0 Å². The summed E-state index contributed by atoms with van der Waals surface area (Å²) in [5.74, 6) is -0.218. The second-order valence-electron chi connectivity index (χ2n) is 5.47. The van der Waals surface area contributed by atoms with E-state index in [-0.39, 0.29) is 18.0 Å². The molecule has 104 valence electrons. The molecule has 3 nitrogen and oxygen atoms in total. The molecule has 4 heteroatoms. The van der Waals surface area contributed by atoms with E-state index in [1.54, 1.807) is 18.2 Å². The van der Waals surface area contributed by atoms with E-state index in [1.807, 2.05) is 0 Å². The zero-order valence-electron chi connectivity index (χ0n) is 11.5. The Labute approximate surface area is 113 Å². The molecule has 0 aromatic heterocycles. The average Bonchev–Trinajstić information content (AvgIpc) is 2.30. The lowest BCUT2D eigenvalue weighted by Gasteiger charge is -2.35. The van der Waals surface area contributed by atoms with Crippen molar-refractivity contribution in [3.63, 3.8) is 0 Å². The topological polar surface area (TPSA) is 32.3 Å². The molecule has 1 aliphatic rings. The van der Waals surface area contributed by atoms with Gasteiger partial charge in [0.1, 0.15) is 5.82 Å². The highest BCUT2D eigenvalue weighted by molar-refractivity contribution is 5.82. The minimum atomic E-state index is -0.294. The van der Waals surface area contributed by atoms with Crippen LogP contribution in [0.25, 0.3) is 0 Å². The van der Waals surface area contributed by atoms with E-state index in [9.17, 15) is 9.18 Å². The van der Waals surface area contributed by atoms with Gasteiger partial charge in [0.05, 0.1) is 6.54 Å². The molecule has 0 bridgehead atoms. The number of benzene rings is 1. The van der Waals surface area contributed by atoms with Crippen molar-refractivity contribution in [3.8, 4) is 0 Å². The molecule has 0 amide bonds. The van der Waals surface area contributed by atoms with E-state index < -0.39 is 0 Å². The lowest BCUT2D eigenvalue weighted by molar-refractivity contribution is -0.120. The van der Waals surface area contributed by atoms with Crippen molar-refractivity contribution < 1.29 is 9.18 Å². The van der Waals surface area contributed by atoms with Crippen LogP contribution < -0.4 is 5.32 Å². The Hall–Kier alpha value is -1.26. The lowest BCUT2D eigenvalue weighted by Crippen LogP contribution is -2.55. The fourth-order valence-corrected chi connectivity index (χ4v) is 2.73. The molecule has 1 aromatic carbocycles. The van der Waals surface area contributed by atoms with E-state index in [0.29, 0.717) is 24.2 Å². The Bertz CT molecular complexity index is 440. The SMILES string of the molecule is CC1CN(CC(=O)Cc2ccccc2F)CC(C)N1. The number of piperazine rings is 1. The molecule has 0 aliphatic carbocycles. The van der Waals surface area contributed by atoms with Crippen LogP contribution in [0.5, 0.6) is 0 Å². The van der Waals surface area contributed by atoms with Crippen molar-refractivity contribution in [2.45, 2.75) is 32.4 Å². The molecular weight excluding hydrogens is 243 g/mol. The maximum absolute atomic E-state index is 13.5. The third kappa shape index (κ3) is 4.11. The number of rotatable bonds is 4. The summed E-state index contributed by atoms with van der Waals surface area (Å²) in [4.78, 5) is 14.2. The van der Waals surface area contributed by atoms with Gasteiger partial charge in [-0.15, -0.1) is 0 Å². The van der Waals surface area contributed by atoms with Gasteiger partial charge in [0.15, 0.2) is 5.78 Å². The fraction of sp³-hybridized carbons (Fsp3) is 0.533. The van der Waals surface area contributed by atoms with Crippen molar-refractivity contribution in [1.29, 1.82) is 0 Å². The van der Waals surface area contributed by atoms with Crippen LogP contribution in [-0.2, 0) is 11.2 Å². The molecule has 1 heterocycles. The first-order valence-electron chi connectivity index (χ1n) is 6.78. The molecule has 0 saturated carbocycles. The first-order valence-corrected chi connectivity index (χ1v) is 6.78. The molecule has 0 spiro atoms. The summed E-state index contributed by atoms with van der Waals surface area (Å²) in [5.41, 5.74) is 0.490. The molecule has 0 radical (unpaired) electrons. The van der Waals surface area contributed by atoms with Crippen molar-refractivity contribution in [3.05, 3.63) is 35.6 Å². The summed E-state index contributed by atoms with van der Waals surface area (Å²) in [5, 5.41) is 3.43. The third-order valence-corrected chi connectivity index (χ3v) is 3.38. The monoisotopic (exact) mass is 264 g/mol. The van der Waals surface area contributed by atoms with Gasteiger partial charge in [-0.3, -0.25) is 9.69 Å². The predicted molar refractivity (Wildman–Crippen MR) is 73.6 cm³/mol. The Balaban J connectivity index is 1.89. The van der Waals surface area contributed by atoms with Crippen molar-refractivity contribution in [2.75, 3.05) is 19.6 Å². The van der Waals surface area contributed by atoms with E-state index in [0.717, 1.165) is 13.1 Å². The van der Waals surface area contributed by atoms with E-state index in [2.05, 4.69) is 24.1 Å². The molecule has 2 rings (SSSR count). The molecule has 1 saturated heterocycles. The van der Waals surface area contributed by atoms with Crippen LogP contribution in [0.4, 0.5) is 4.39 Å². The number of nitrogens with one attached hydrogen (secondary N) is 1. The van der Waals surface area contributed by atoms with Crippen molar-refractivity contribution in [1.82, 2.24) is 10.2 Å². The zero-order chi connectivity index (χ0) is 13.8. The molecule has 1 N–H and O–H groups in total. The maximum Gasteiger partial charge on any atom is 0.151 e. The summed E-state index contributed by atoms with van der Waals surface area (Å²) >= 11 is 0. The number of nitrogens with zero attached hydrogens (tertiary/aromatic N) is 1. The van der Waals surface area contributed by atoms with Crippen LogP contribution in [0.3, 0.4) is 0 Å². The Morgan fingerprint density at radius 1 is 1.32 bits per heavy atom. The second-order valence-corrected chi connectivity index (χ2v) is 5.47. The molecule has 1 aliphatic heterocycles. The Morgan fingerprint density at radius 2 is 1.95 bits per heavy atom. The van der Waals surface area contributed by atoms with E-state index in [1.165, 1.54) is 6.07 Å². The molecular formula is C15H21FN2O. The quantitative estimate of drug-likeness (QED) is 0.897. The van der Waals surface area contributed by atoms with Gasteiger partial charge in [0, 0.05) is 31.6 Å². The number of hydrogen-bond donors (Lipinski definition) is 1. The first kappa shape index (κ1) is 14.2. The molecule has 1 aromatic rings. The number of carbonyl (C=O) groups is 1. The van der Waals surface area contributed by atoms with Gasteiger partial charge in [-0.2, -0.15) is 0 Å². The minimum absolute atomic E-state index is 0.0754. The van der Waals surface area contributed by atoms with Gasteiger partial charge in [0.2, 0.25) is 0 Å². The highest BCUT2D eigenvalue weighted by Crippen LogP contribution is 2.09. The number of hydrogen-bond acceptors (Lipinski definition) is 3. The minimum Gasteiger partial charge on any atom is -0.309 e. The number of ketones is 1. The second kappa shape index (κ2) is 6.26. The summed E-state index contributed by atoms with van der Waals surface area (Å²) in [6.45, 7) is 6.37. The number of halogens is 1. The van der Waals surface area contributed by atoms with Crippen LogP contribution in [0, 0.1) is 5.82 Å². The number of carbonyl (C=O) groups excluding carboxylic acids is 1. The molecule has 2 atom stereocenters. The van der Waals surface area contributed by atoms with Gasteiger partial charge in [-0.1, -0.05) is 18.2 Å². The first-order chi connectivity index (χ1) is 9.04. The third-order valence-electron chi connectivity index (χ3n) is 3.38. The largest absolute Gasteiger partial charge is 0.309 e. The Kier molecular flexibility index (Phi) is 4.66. The van der Waals surface area contributed by atoms with Gasteiger partial charge >= 0.3 is 0 Å². The smallest absolute Gasteiger partial charge is 0.151 e. The number of Topliss-reactive ketones (excluding diaryl/α,β-unsaturated/α-hetero) is 1. The van der Waals surface area contributed by atoms with Crippen LogP contribution in [0.2, 0.25) is 0 Å². The molecule has 1 fully saturated rings. The average molecular weight is 264 g/mol. The Morgan fingerprint density at radius 3 is 2.58 bits per heavy atom. The van der Waals surface area contributed by atoms with Crippen molar-refractivity contribution in [2.24, 2.45) is 0 Å². The predicted octanol–water partition coefficient (Wildman–Crippen LogP) is 1.62. The fourth-order valence-electron chi connectivity index (χ4n) is 2.73. The lowest BCUT2D eigenvalue weighted by atomic mass is 10.1. The van der Waals surface area contributed by atoms with Gasteiger partial charge in [-0.05, 0) is 25.5 Å². The maximum atomic E-state index is 13.5. The standard InChI is InChI=1S/C15H21FN2O/c1-11-8-18(9-12(2)17-11)10-14(19)7-13-5-3-4-6-15(13)16/h3-6,11-12,17H,7-10H2,1-2H3. The van der Waals surface area contributed by atoms with Gasteiger partial charge in [-0.25, -0.2) is 4.39 Å². The highest BCUT2D eigenvalue weighted by Gasteiger charge is 2.22. The summed E-state index contributed by atoms with van der Waals surface area (Å²) in [7, 11) is 0. The van der Waals surface area contributed by atoms with Crippen LogP contribution in [0.1, 0.15) is 19.4 Å². The molecule has 19 heavy (non-hydrogen) atoms. The van der Waals surface area contributed by atoms with Crippen LogP contribution in [-0.4, -0.2) is 42.4 Å². The molecule has 2 unspecified atom stereocenters. The summed E-state index contributed by atoms with van der Waals surface area (Å²) in [6.07, 6.45) is 0.180. The normalized spacial score (nSPS) is 24.4. The summed E-state index contributed by atoms with van der Waals surface area (Å²) in [6, 6.07) is 7.27. The van der Waals surface area contributed by atoms with E-state index >= 15 is 0 Å². The van der Waals surface area contributed by atoms with Gasteiger partial charge < -0.3 is 5.32 Å². The van der Waals surface area contributed by atoms with Gasteiger partial charge in [0.25, 0.3) is 0 Å². The van der Waals surface area contributed by atoms with Crippen LogP contribution in [0.15, 0.2) is 24.3 Å².